The highest BCUT2D eigenvalue weighted by Gasteiger charge is 2.33. The average molecular weight is 370 g/mol. The molecule has 0 aliphatic carbocycles. The summed E-state index contributed by atoms with van der Waals surface area (Å²) in [4.78, 5) is 17.8. The molecule has 1 aliphatic rings. The zero-order chi connectivity index (χ0) is 18.0. The fourth-order valence-corrected chi connectivity index (χ4v) is 3.09. The van der Waals surface area contributed by atoms with Crippen molar-refractivity contribution in [2.24, 2.45) is 0 Å². The van der Waals surface area contributed by atoms with E-state index in [9.17, 15) is 18.0 Å². The Morgan fingerprint density at radius 2 is 2.00 bits per heavy atom. The first kappa shape index (κ1) is 17.7. The van der Waals surface area contributed by atoms with Gasteiger partial charge in [0.1, 0.15) is 5.69 Å². The molecular formula is C17H15ClF3N3O. The lowest BCUT2D eigenvalue weighted by Gasteiger charge is -2.37. The quantitative estimate of drug-likeness (QED) is 0.880. The lowest BCUT2D eigenvalue weighted by atomic mass is 10.0. The Labute approximate surface area is 147 Å². The van der Waals surface area contributed by atoms with Gasteiger partial charge in [0.15, 0.2) is 0 Å². The number of amides is 1. The van der Waals surface area contributed by atoms with Gasteiger partial charge >= 0.3 is 6.18 Å². The summed E-state index contributed by atoms with van der Waals surface area (Å²) in [7, 11) is 0. The number of aromatic nitrogens is 1. The molecular weight excluding hydrogens is 355 g/mol. The minimum absolute atomic E-state index is 0.118. The smallest absolute Gasteiger partial charge is 0.329 e. The molecule has 0 bridgehead atoms. The number of piperazine rings is 1. The summed E-state index contributed by atoms with van der Waals surface area (Å²) in [5.41, 5.74) is -0.108. The van der Waals surface area contributed by atoms with Crippen LogP contribution in [-0.2, 0) is 6.18 Å². The number of alkyl halides is 3. The number of nitrogens with zero attached hydrogens (tertiary/aromatic N) is 2. The van der Waals surface area contributed by atoms with E-state index in [1.165, 1.54) is 0 Å². The van der Waals surface area contributed by atoms with Gasteiger partial charge in [-0.3, -0.25) is 9.78 Å². The van der Waals surface area contributed by atoms with Crippen molar-refractivity contribution >= 4 is 17.5 Å². The van der Waals surface area contributed by atoms with Crippen LogP contribution in [0.2, 0.25) is 5.02 Å². The highest BCUT2D eigenvalue weighted by Crippen LogP contribution is 2.30. The van der Waals surface area contributed by atoms with Gasteiger partial charge in [0.05, 0.1) is 11.6 Å². The summed E-state index contributed by atoms with van der Waals surface area (Å²) >= 11 is 6.24. The van der Waals surface area contributed by atoms with Gasteiger partial charge in [-0.2, -0.15) is 13.2 Å². The number of hydrogen-bond acceptors (Lipinski definition) is 3. The third kappa shape index (κ3) is 3.77. The first-order chi connectivity index (χ1) is 11.9. The third-order valence-electron chi connectivity index (χ3n) is 4.07. The zero-order valence-electron chi connectivity index (χ0n) is 13.1. The minimum Gasteiger partial charge on any atom is -0.329 e. The van der Waals surface area contributed by atoms with E-state index in [1.807, 2.05) is 12.1 Å². The first-order valence-corrected chi connectivity index (χ1v) is 8.05. The van der Waals surface area contributed by atoms with Gasteiger partial charge in [0, 0.05) is 30.9 Å². The molecule has 1 aromatic carbocycles. The molecule has 1 fully saturated rings. The predicted octanol–water partition coefficient (Wildman–Crippen LogP) is 3.54. The Bertz CT molecular complexity index is 764. The standard InChI is InChI=1S/C17H15ClF3N3O/c18-13-4-2-1-3-12(13)14-10-22-7-8-24(14)16(25)11-5-6-15(23-9-11)17(19,20)21/h1-6,9,14,22H,7-8,10H2. The fraction of sp³-hybridized carbons (Fsp3) is 0.294. The molecule has 4 nitrogen and oxygen atoms in total. The Balaban J connectivity index is 1.88. The molecule has 1 unspecified atom stereocenters. The zero-order valence-corrected chi connectivity index (χ0v) is 13.8. The monoisotopic (exact) mass is 369 g/mol. The third-order valence-corrected chi connectivity index (χ3v) is 4.41. The fourth-order valence-electron chi connectivity index (χ4n) is 2.82. The second-order valence-corrected chi connectivity index (χ2v) is 6.08. The Hall–Kier alpha value is -2.12. The van der Waals surface area contributed by atoms with Crippen molar-refractivity contribution in [3.8, 4) is 0 Å². The lowest BCUT2D eigenvalue weighted by Crippen LogP contribution is -2.48. The summed E-state index contributed by atoms with van der Waals surface area (Å²) in [6.07, 6.45) is -3.56. The first-order valence-electron chi connectivity index (χ1n) is 7.67. The van der Waals surface area contributed by atoms with E-state index in [4.69, 9.17) is 11.6 Å². The van der Waals surface area contributed by atoms with E-state index in [0.717, 1.165) is 23.9 Å². The van der Waals surface area contributed by atoms with Gasteiger partial charge in [-0.1, -0.05) is 29.8 Å². The summed E-state index contributed by atoms with van der Waals surface area (Å²) in [6, 6.07) is 8.90. The summed E-state index contributed by atoms with van der Waals surface area (Å²) in [6.45, 7) is 1.54. The maximum atomic E-state index is 12.8. The number of carbonyl (C=O) groups is 1. The molecule has 0 saturated carbocycles. The molecule has 25 heavy (non-hydrogen) atoms. The van der Waals surface area contributed by atoms with Crippen LogP contribution in [0.25, 0.3) is 0 Å². The van der Waals surface area contributed by atoms with Gasteiger partial charge in [-0.25, -0.2) is 0 Å². The van der Waals surface area contributed by atoms with Gasteiger partial charge in [0.25, 0.3) is 5.91 Å². The van der Waals surface area contributed by atoms with Crippen LogP contribution in [0.5, 0.6) is 0 Å². The van der Waals surface area contributed by atoms with E-state index in [0.29, 0.717) is 24.7 Å². The molecule has 8 heteroatoms. The lowest BCUT2D eigenvalue weighted by molar-refractivity contribution is -0.141. The molecule has 132 valence electrons. The molecule has 1 N–H and O–H groups in total. The van der Waals surface area contributed by atoms with E-state index in [1.54, 1.807) is 17.0 Å². The molecule has 1 aromatic heterocycles. The van der Waals surface area contributed by atoms with Crippen LogP contribution in [0.3, 0.4) is 0 Å². The van der Waals surface area contributed by atoms with Crippen molar-refractivity contribution in [2.45, 2.75) is 12.2 Å². The molecule has 1 atom stereocenters. The Morgan fingerprint density at radius 3 is 2.64 bits per heavy atom. The van der Waals surface area contributed by atoms with Crippen molar-refractivity contribution in [1.82, 2.24) is 15.2 Å². The van der Waals surface area contributed by atoms with Crippen LogP contribution in [0.1, 0.15) is 27.7 Å². The van der Waals surface area contributed by atoms with Crippen molar-refractivity contribution in [3.63, 3.8) is 0 Å². The van der Waals surface area contributed by atoms with Crippen LogP contribution in [0, 0.1) is 0 Å². The van der Waals surface area contributed by atoms with Crippen LogP contribution >= 0.6 is 11.6 Å². The summed E-state index contributed by atoms with van der Waals surface area (Å²) < 4.78 is 37.9. The summed E-state index contributed by atoms with van der Waals surface area (Å²) in [5.74, 6) is -0.368. The molecule has 1 saturated heterocycles. The SMILES string of the molecule is O=C(c1ccc(C(F)(F)F)nc1)N1CCNCC1c1ccccc1Cl. The predicted molar refractivity (Wildman–Crippen MR) is 87.3 cm³/mol. The molecule has 2 heterocycles. The van der Waals surface area contributed by atoms with Crippen LogP contribution < -0.4 is 5.32 Å². The number of hydrogen-bond donors (Lipinski definition) is 1. The normalized spacial score (nSPS) is 18.2. The van der Waals surface area contributed by atoms with E-state index < -0.39 is 11.9 Å². The highest BCUT2D eigenvalue weighted by atomic mass is 35.5. The molecule has 3 rings (SSSR count). The highest BCUT2D eigenvalue weighted by molar-refractivity contribution is 6.31. The second kappa shape index (κ2) is 7.01. The van der Waals surface area contributed by atoms with Gasteiger partial charge < -0.3 is 10.2 Å². The number of pyridine rings is 1. The molecule has 2 aromatic rings. The van der Waals surface area contributed by atoms with Gasteiger partial charge in [-0.15, -0.1) is 0 Å². The number of halogens is 4. The molecule has 1 amide bonds. The minimum atomic E-state index is -4.53. The second-order valence-electron chi connectivity index (χ2n) is 5.67. The van der Waals surface area contributed by atoms with Crippen LogP contribution in [0.15, 0.2) is 42.6 Å². The largest absolute Gasteiger partial charge is 0.433 e. The molecule has 0 radical (unpaired) electrons. The topological polar surface area (TPSA) is 45.2 Å². The number of carbonyl (C=O) groups excluding carboxylic acids is 1. The van der Waals surface area contributed by atoms with Crippen LogP contribution in [-0.4, -0.2) is 35.4 Å². The maximum absolute atomic E-state index is 12.8. The van der Waals surface area contributed by atoms with E-state index in [-0.39, 0.29) is 17.5 Å². The van der Waals surface area contributed by atoms with E-state index >= 15 is 0 Å². The number of nitrogens with one attached hydrogen (secondary N) is 1. The maximum Gasteiger partial charge on any atom is 0.433 e. The van der Waals surface area contributed by atoms with Gasteiger partial charge in [0.2, 0.25) is 0 Å². The number of rotatable bonds is 2. The molecule has 0 spiro atoms. The Morgan fingerprint density at radius 1 is 1.24 bits per heavy atom. The van der Waals surface area contributed by atoms with E-state index in [2.05, 4.69) is 10.3 Å². The van der Waals surface area contributed by atoms with Gasteiger partial charge in [-0.05, 0) is 23.8 Å². The Kier molecular flexibility index (Phi) is 4.96. The van der Waals surface area contributed by atoms with Crippen LogP contribution in [0.4, 0.5) is 13.2 Å². The van der Waals surface area contributed by atoms with Crippen molar-refractivity contribution in [1.29, 1.82) is 0 Å². The summed E-state index contributed by atoms with van der Waals surface area (Å²) in [5, 5.41) is 3.75. The number of benzene rings is 1. The average Bonchev–Trinajstić information content (AvgIpc) is 2.61. The van der Waals surface area contributed by atoms with Crippen molar-refractivity contribution in [3.05, 3.63) is 64.4 Å². The molecule has 1 aliphatic heterocycles. The van der Waals surface area contributed by atoms with Crippen molar-refractivity contribution in [2.75, 3.05) is 19.6 Å². The van der Waals surface area contributed by atoms with Crippen molar-refractivity contribution < 1.29 is 18.0 Å².